The molecule has 2 rings (SSSR count). The lowest BCUT2D eigenvalue weighted by Gasteiger charge is -2.24. The van der Waals surface area contributed by atoms with Gasteiger partial charge in [-0.3, -0.25) is 0 Å². The van der Waals surface area contributed by atoms with E-state index in [-0.39, 0.29) is 25.0 Å². The van der Waals surface area contributed by atoms with Gasteiger partial charge in [0, 0.05) is 19.1 Å². The van der Waals surface area contributed by atoms with Crippen LogP contribution in [0.2, 0.25) is 0 Å². The number of hydrogen-bond donors (Lipinski definition) is 4. The zero-order valence-corrected chi connectivity index (χ0v) is 12.2. The zero-order chi connectivity index (χ0) is 16.0. The molecule has 0 radical (unpaired) electrons. The average molecular weight is 318 g/mol. The van der Waals surface area contributed by atoms with Gasteiger partial charge in [0.25, 0.3) is 0 Å². The highest BCUT2D eigenvalue weighted by molar-refractivity contribution is 5.41. The van der Waals surface area contributed by atoms with E-state index in [0.717, 1.165) is 32.0 Å². The molecule has 2 heterocycles. The second-order valence-corrected chi connectivity index (χ2v) is 5.31. The van der Waals surface area contributed by atoms with Crippen LogP contribution in [-0.2, 0) is 12.7 Å². The SMILES string of the molecule is OCCNCc1cc(NC2CCNCC2)nc(C(F)(F)F)c1. The highest BCUT2D eigenvalue weighted by Crippen LogP contribution is 2.29. The van der Waals surface area contributed by atoms with Gasteiger partial charge in [0.15, 0.2) is 0 Å². The molecule has 22 heavy (non-hydrogen) atoms. The van der Waals surface area contributed by atoms with Crippen molar-refractivity contribution < 1.29 is 18.3 Å². The maximum Gasteiger partial charge on any atom is 0.433 e. The van der Waals surface area contributed by atoms with Crippen LogP contribution in [0.3, 0.4) is 0 Å². The quantitative estimate of drug-likeness (QED) is 0.596. The van der Waals surface area contributed by atoms with Crippen molar-refractivity contribution in [1.29, 1.82) is 0 Å². The smallest absolute Gasteiger partial charge is 0.395 e. The average Bonchev–Trinajstić information content (AvgIpc) is 2.47. The second-order valence-electron chi connectivity index (χ2n) is 5.31. The number of nitrogens with zero attached hydrogens (tertiary/aromatic N) is 1. The van der Waals surface area contributed by atoms with Crippen molar-refractivity contribution in [2.45, 2.75) is 31.6 Å². The van der Waals surface area contributed by atoms with Crippen molar-refractivity contribution in [2.75, 3.05) is 31.6 Å². The number of nitrogens with one attached hydrogen (secondary N) is 3. The van der Waals surface area contributed by atoms with Gasteiger partial charge in [0.2, 0.25) is 0 Å². The Hall–Kier alpha value is -1.38. The molecule has 0 saturated carbocycles. The van der Waals surface area contributed by atoms with Crippen molar-refractivity contribution in [1.82, 2.24) is 15.6 Å². The summed E-state index contributed by atoms with van der Waals surface area (Å²) in [4.78, 5) is 3.69. The van der Waals surface area contributed by atoms with Gasteiger partial charge in [-0.15, -0.1) is 0 Å². The molecule has 1 aliphatic rings. The van der Waals surface area contributed by atoms with Gasteiger partial charge in [-0.2, -0.15) is 13.2 Å². The minimum Gasteiger partial charge on any atom is -0.395 e. The predicted molar refractivity (Wildman–Crippen MR) is 77.5 cm³/mol. The highest BCUT2D eigenvalue weighted by atomic mass is 19.4. The molecule has 1 fully saturated rings. The fourth-order valence-electron chi connectivity index (χ4n) is 2.40. The van der Waals surface area contributed by atoms with E-state index in [1.54, 1.807) is 6.07 Å². The Kier molecular flexibility index (Phi) is 5.98. The second kappa shape index (κ2) is 7.75. The van der Waals surface area contributed by atoms with Crippen molar-refractivity contribution >= 4 is 5.82 Å². The molecule has 0 unspecified atom stereocenters. The molecule has 4 N–H and O–H groups in total. The molecule has 1 aromatic heterocycles. The van der Waals surface area contributed by atoms with Crippen molar-refractivity contribution in [3.8, 4) is 0 Å². The Bertz CT molecular complexity index is 476. The predicted octanol–water partition coefficient (Wildman–Crippen LogP) is 1.35. The Labute approximate surface area is 127 Å². The number of halogens is 3. The van der Waals surface area contributed by atoms with Gasteiger partial charge < -0.3 is 21.1 Å². The van der Waals surface area contributed by atoms with E-state index >= 15 is 0 Å². The van der Waals surface area contributed by atoms with Gasteiger partial charge in [0.1, 0.15) is 11.5 Å². The van der Waals surface area contributed by atoms with Gasteiger partial charge >= 0.3 is 6.18 Å². The molecule has 5 nitrogen and oxygen atoms in total. The summed E-state index contributed by atoms with van der Waals surface area (Å²) in [7, 11) is 0. The molecule has 1 aliphatic heterocycles. The van der Waals surface area contributed by atoms with Crippen LogP contribution >= 0.6 is 0 Å². The van der Waals surface area contributed by atoms with Crippen LogP contribution < -0.4 is 16.0 Å². The van der Waals surface area contributed by atoms with Crippen LogP contribution in [0.4, 0.5) is 19.0 Å². The first-order chi connectivity index (χ1) is 10.5. The molecule has 0 spiro atoms. The molecule has 0 aliphatic carbocycles. The molecule has 124 valence electrons. The molecule has 0 amide bonds. The number of alkyl halides is 3. The minimum absolute atomic E-state index is 0.0581. The van der Waals surface area contributed by atoms with Gasteiger partial charge in [-0.05, 0) is 43.6 Å². The lowest BCUT2D eigenvalue weighted by Crippen LogP contribution is -2.35. The molecule has 1 saturated heterocycles. The minimum atomic E-state index is -4.47. The number of hydrogen-bond acceptors (Lipinski definition) is 5. The maximum atomic E-state index is 13.0. The fraction of sp³-hybridized carbons (Fsp3) is 0.643. The summed E-state index contributed by atoms with van der Waals surface area (Å²) in [5.74, 6) is 0.252. The molecular formula is C14H21F3N4O. The molecule has 1 aromatic rings. The Balaban J connectivity index is 2.13. The van der Waals surface area contributed by atoms with E-state index in [9.17, 15) is 13.2 Å². The summed E-state index contributed by atoms with van der Waals surface area (Å²) in [5, 5.41) is 17.9. The lowest BCUT2D eigenvalue weighted by molar-refractivity contribution is -0.141. The van der Waals surface area contributed by atoms with Gasteiger partial charge in [-0.1, -0.05) is 0 Å². The summed E-state index contributed by atoms with van der Waals surface area (Å²) < 4.78 is 38.9. The normalized spacial score (nSPS) is 16.7. The van der Waals surface area contributed by atoms with E-state index in [0.29, 0.717) is 12.1 Å². The fourth-order valence-corrected chi connectivity index (χ4v) is 2.40. The Morgan fingerprint density at radius 1 is 1.27 bits per heavy atom. The molecule has 8 heteroatoms. The standard InChI is InChI=1S/C14H21F3N4O/c15-14(16,17)12-7-10(9-19-5-6-22)8-13(21-12)20-11-1-3-18-4-2-11/h7-8,11,18-19,22H,1-6,9H2,(H,20,21). The van der Waals surface area contributed by atoms with Crippen molar-refractivity contribution in [2.24, 2.45) is 0 Å². The largest absolute Gasteiger partial charge is 0.433 e. The van der Waals surface area contributed by atoms with E-state index < -0.39 is 11.9 Å². The first-order valence-corrected chi connectivity index (χ1v) is 7.36. The van der Waals surface area contributed by atoms with Crippen LogP contribution in [0.25, 0.3) is 0 Å². The van der Waals surface area contributed by atoms with Crippen LogP contribution in [0.15, 0.2) is 12.1 Å². The van der Waals surface area contributed by atoms with E-state index in [2.05, 4.69) is 20.9 Å². The molecule has 0 aromatic carbocycles. The number of aliphatic hydroxyl groups is 1. The Morgan fingerprint density at radius 3 is 2.64 bits per heavy atom. The van der Waals surface area contributed by atoms with Crippen LogP contribution in [0, 0.1) is 0 Å². The number of piperidine rings is 1. The summed E-state index contributed by atoms with van der Waals surface area (Å²) in [5.41, 5.74) is -0.403. The van der Waals surface area contributed by atoms with Crippen molar-refractivity contribution in [3.05, 3.63) is 23.4 Å². The molecule has 0 atom stereocenters. The summed E-state index contributed by atoms with van der Waals surface area (Å²) in [6, 6.07) is 2.80. The molecule has 0 bridgehead atoms. The van der Waals surface area contributed by atoms with E-state index in [4.69, 9.17) is 5.11 Å². The van der Waals surface area contributed by atoms with Crippen LogP contribution in [-0.4, -0.2) is 42.4 Å². The highest BCUT2D eigenvalue weighted by Gasteiger charge is 2.33. The third-order valence-corrected chi connectivity index (χ3v) is 3.48. The molecular weight excluding hydrogens is 297 g/mol. The number of rotatable bonds is 6. The number of aliphatic hydroxyl groups excluding tert-OH is 1. The number of aromatic nitrogens is 1. The third-order valence-electron chi connectivity index (χ3n) is 3.48. The van der Waals surface area contributed by atoms with Gasteiger partial charge in [0.05, 0.1) is 6.61 Å². The number of pyridine rings is 1. The third kappa shape index (κ3) is 5.11. The van der Waals surface area contributed by atoms with Crippen LogP contribution in [0.1, 0.15) is 24.1 Å². The number of anilines is 1. The summed E-state index contributed by atoms with van der Waals surface area (Å²) in [6.07, 6.45) is -2.76. The van der Waals surface area contributed by atoms with Crippen molar-refractivity contribution in [3.63, 3.8) is 0 Å². The maximum absolute atomic E-state index is 13.0. The summed E-state index contributed by atoms with van der Waals surface area (Å²) >= 11 is 0. The zero-order valence-electron chi connectivity index (χ0n) is 12.2. The first-order valence-electron chi connectivity index (χ1n) is 7.36. The van der Waals surface area contributed by atoms with E-state index in [1.165, 1.54) is 0 Å². The van der Waals surface area contributed by atoms with E-state index in [1.807, 2.05) is 0 Å². The lowest BCUT2D eigenvalue weighted by atomic mass is 10.1. The summed E-state index contributed by atoms with van der Waals surface area (Å²) in [6.45, 7) is 2.23. The monoisotopic (exact) mass is 318 g/mol. The first kappa shape index (κ1) is 17.0. The van der Waals surface area contributed by atoms with Crippen LogP contribution in [0.5, 0.6) is 0 Å². The Morgan fingerprint density at radius 2 is 2.00 bits per heavy atom. The topological polar surface area (TPSA) is 69.2 Å². The van der Waals surface area contributed by atoms with Gasteiger partial charge in [-0.25, -0.2) is 4.98 Å².